The Kier molecular flexibility index (Phi) is 30.7. The number of guanidine groups is 1. The molecule has 0 aliphatic carbocycles. The molecule has 10 amide bonds. The molecule has 28 nitrogen and oxygen atoms in total. The number of carboxylic acids is 1. The number of rotatable bonds is 37. The minimum absolute atomic E-state index is 0.0746. The zero-order valence-electron chi connectivity index (χ0n) is 46.5. The van der Waals surface area contributed by atoms with Gasteiger partial charge in [0.2, 0.25) is 59.1 Å². The summed E-state index contributed by atoms with van der Waals surface area (Å²) in [4.78, 5) is 150. The smallest absolute Gasteiger partial charge is 0.326 e. The lowest BCUT2D eigenvalue weighted by atomic mass is 9.96. The highest BCUT2D eigenvalue weighted by Gasteiger charge is 2.37. The number of phenols is 1. The van der Waals surface area contributed by atoms with Crippen LogP contribution in [0.5, 0.6) is 5.75 Å². The number of nitrogens with one attached hydrogen (secondary N) is 8. The first-order chi connectivity index (χ1) is 36.9. The van der Waals surface area contributed by atoms with Gasteiger partial charge in [-0.1, -0.05) is 73.9 Å². The summed E-state index contributed by atoms with van der Waals surface area (Å²) in [6.45, 7) is 12.6. The quantitative estimate of drug-likeness (QED) is 0.0175. The predicted molar refractivity (Wildman–Crippen MR) is 290 cm³/mol. The van der Waals surface area contributed by atoms with Crippen LogP contribution in [0.3, 0.4) is 0 Å². The maximum atomic E-state index is 14.2. The van der Waals surface area contributed by atoms with Gasteiger partial charge in [0.1, 0.15) is 54.1 Å². The highest BCUT2D eigenvalue weighted by atomic mass is 16.4. The number of aliphatic hydroxyl groups is 1. The third-order valence-corrected chi connectivity index (χ3v) is 12.5. The molecule has 0 aliphatic rings. The van der Waals surface area contributed by atoms with Crippen LogP contribution >= 0.6 is 0 Å². The van der Waals surface area contributed by atoms with Crippen molar-refractivity contribution in [1.82, 2.24) is 42.5 Å². The molecule has 0 unspecified atom stereocenters. The summed E-state index contributed by atoms with van der Waals surface area (Å²) >= 11 is 0. The van der Waals surface area contributed by atoms with Crippen molar-refractivity contribution < 1.29 is 68.1 Å². The lowest BCUT2D eigenvalue weighted by molar-refractivity contribution is -0.143. The van der Waals surface area contributed by atoms with Gasteiger partial charge < -0.3 is 86.5 Å². The number of primary amides is 2. The number of aliphatic carboxylic acids is 1. The van der Waals surface area contributed by atoms with Crippen LogP contribution in [0.1, 0.15) is 119 Å². The summed E-state index contributed by atoms with van der Waals surface area (Å²) in [5, 5.41) is 50.0. The number of carboxylic acid groups (broad SMARTS) is 1. The number of nitrogens with two attached hydrogens (primary N) is 5. The van der Waals surface area contributed by atoms with Crippen LogP contribution in [-0.4, -0.2) is 154 Å². The topological polar surface area (TPSA) is 487 Å². The molecule has 0 spiro atoms. The first kappa shape index (κ1) is 69.4. The first-order valence-corrected chi connectivity index (χ1v) is 26.3. The molecule has 0 radical (unpaired) electrons. The van der Waals surface area contributed by atoms with Crippen molar-refractivity contribution in [3.05, 3.63) is 29.8 Å². The lowest BCUT2D eigenvalue weighted by Gasteiger charge is -2.30. The van der Waals surface area contributed by atoms with Crippen molar-refractivity contribution in [3.8, 4) is 5.75 Å². The summed E-state index contributed by atoms with van der Waals surface area (Å²) in [7, 11) is 0. The van der Waals surface area contributed by atoms with Crippen LogP contribution in [0, 0.1) is 23.7 Å². The van der Waals surface area contributed by atoms with Gasteiger partial charge in [-0.15, -0.1) is 0 Å². The number of carbonyl (C=O) groups excluding carboxylic acids is 10. The van der Waals surface area contributed by atoms with E-state index in [-0.39, 0.29) is 62.2 Å². The van der Waals surface area contributed by atoms with E-state index in [1.54, 1.807) is 55.4 Å². The van der Waals surface area contributed by atoms with E-state index in [1.807, 2.05) is 0 Å². The van der Waals surface area contributed by atoms with Gasteiger partial charge in [0.05, 0.1) is 12.6 Å². The molecular formula is C51H86N14O14. The molecule has 79 heavy (non-hydrogen) atoms. The van der Waals surface area contributed by atoms with Gasteiger partial charge in [-0.05, 0) is 79.9 Å². The number of nitrogens with zero attached hydrogens (tertiary/aromatic N) is 1. The van der Waals surface area contributed by atoms with E-state index >= 15 is 0 Å². The Balaban J connectivity index is 3.48. The number of aliphatic imine (C=N–C) groups is 1. The fourth-order valence-corrected chi connectivity index (χ4v) is 7.79. The molecule has 10 atom stereocenters. The number of aromatic hydroxyl groups is 1. The molecule has 0 aliphatic heterocycles. The minimum atomic E-state index is -1.78. The molecule has 0 aromatic heterocycles. The van der Waals surface area contributed by atoms with Crippen molar-refractivity contribution >= 4 is 71.0 Å². The summed E-state index contributed by atoms with van der Waals surface area (Å²) in [5.74, 6) is -12.3. The monoisotopic (exact) mass is 1120 g/mol. The van der Waals surface area contributed by atoms with Crippen molar-refractivity contribution in [1.29, 1.82) is 0 Å². The number of carbonyl (C=O) groups is 11. The van der Waals surface area contributed by atoms with Gasteiger partial charge in [-0.2, -0.15) is 0 Å². The molecule has 1 rings (SSSR count). The number of phenolic OH excluding ortho intramolecular Hbond substituents is 1. The molecule has 0 bridgehead atoms. The maximum Gasteiger partial charge on any atom is 0.326 e. The van der Waals surface area contributed by atoms with Crippen LogP contribution in [0.25, 0.3) is 0 Å². The van der Waals surface area contributed by atoms with Crippen molar-refractivity contribution in [2.45, 2.75) is 174 Å². The van der Waals surface area contributed by atoms with Gasteiger partial charge >= 0.3 is 5.97 Å². The Morgan fingerprint density at radius 3 is 1.37 bits per heavy atom. The molecule has 28 heteroatoms. The molecule has 1 aromatic carbocycles. The minimum Gasteiger partial charge on any atom is -0.508 e. The van der Waals surface area contributed by atoms with E-state index in [0.29, 0.717) is 18.4 Å². The van der Waals surface area contributed by atoms with E-state index in [2.05, 4.69) is 47.5 Å². The van der Waals surface area contributed by atoms with Gasteiger partial charge in [0, 0.05) is 25.8 Å². The van der Waals surface area contributed by atoms with Crippen LogP contribution < -0.4 is 71.2 Å². The number of hydrogen-bond donors (Lipinski definition) is 16. The highest BCUT2D eigenvalue weighted by molar-refractivity contribution is 5.98. The Labute approximate surface area is 460 Å². The fraction of sp³-hybridized carbons (Fsp3) is 0.647. The second-order valence-electron chi connectivity index (χ2n) is 20.7. The largest absolute Gasteiger partial charge is 0.508 e. The molecule has 0 saturated carbocycles. The molecule has 0 saturated heterocycles. The Bertz CT molecular complexity index is 2260. The normalized spacial score (nSPS) is 15.0. The van der Waals surface area contributed by atoms with Crippen LogP contribution in [0.15, 0.2) is 29.3 Å². The molecule has 0 heterocycles. The second kappa shape index (κ2) is 35.0. The zero-order chi connectivity index (χ0) is 60.3. The van der Waals surface area contributed by atoms with Crippen LogP contribution in [-0.2, 0) is 59.2 Å². The van der Waals surface area contributed by atoms with Crippen molar-refractivity contribution in [2.75, 3.05) is 13.2 Å². The summed E-state index contributed by atoms with van der Waals surface area (Å²) in [6, 6.07) is -7.10. The van der Waals surface area contributed by atoms with Gasteiger partial charge in [-0.3, -0.25) is 52.9 Å². The van der Waals surface area contributed by atoms with Gasteiger partial charge in [0.25, 0.3) is 0 Å². The fourth-order valence-electron chi connectivity index (χ4n) is 7.79. The van der Waals surface area contributed by atoms with E-state index in [4.69, 9.17) is 28.7 Å². The van der Waals surface area contributed by atoms with E-state index in [1.165, 1.54) is 24.3 Å². The van der Waals surface area contributed by atoms with Gasteiger partial charge in [-0.25, -0.2) is 4.79 Å². The van der Waals surface area contributed by atoms with E-state index in [0.717, 1.165) is 0 Å². The van der Waals surface area contributed by atoms with Crippen LogP contribution in [0.2, 0.25) is 0 Å². The number of amides is 10. The SMILES string of the molecule is CC[C@H](C)[C@H](NC(=O)[C@H](CCC(N)=O)NC(=O)[C@H](CC(C)C)NC(=O)[C@H](CO)NC(=O)[C@H](CCC(N)=O)NC(=O)[C@H](CC(C)C)NC(=O)[C@@H](N)CCCN=C(N)N)C(=O)N[C@@H](Cc1ccc(O)cc1)C(=O)N[C@H](C(=O)O)C(C)C. The molecular weight excluding hydrogens is 1030 g/mol. The Hall–Kier alpha value is -7.62. The number of hydrogen-bond acceptors (Lipinski definition) is 15. The van der Waals surface area contributed by atoms with Crippen molar-refractivity contribution in [2.24, 2.45) is 57.3 Å². The predicted octanol–water partition coefficient (Wildman–Crippen LogP) is -3.40. The zero-order valence-corrected chi connectivity index (χ0v) is 46.5. The molecule has 21 N–H and O–H groups in total. The third-order valence-electron chi connectivity index (χ3n) is 12.5. The number of benzene rings is 1. The van der Waals surface area contributed by atoms with E-state index < -0.39 is 157 Å². The summed E-state index contributed by atoms with van der Waals surface area (Å²) in [6.07, 6.45) is -1.02. The summed E-state index contributed by atoms with van der Waals surface area (Å²) < 4.78 is 0. The highest BCUT2D eigenvalue weighted by Crippen LogP contribution is 2.16. The standard InChI is InChI=1S/C51H86N14O14/c1-9-28(8)41(49(77)62-36(23-29-12-14-30(67)15-13-29)47(75)64-40(27(6)7)50(78)79)65-44(72)33(17-19-39(54)69)59-46(74)35(22-26(4)5)61-48(76)37(24-66)63-43(71)32(16-18-38(53)68)58-45(73)34(21-25(2)3)60-42(70)31(52)11-10-20-57-51(55)56/h12-15,25-28,31-37,40-41,66-67H,9-11,16-24,52H2,1-8H3,(H2,53,68)(H2,54,69)(H,58,73)(H,59,74)(H,60,70)(H,61,76)(H,62,77)(H,63,71)(H,64,75)(H,65,72)(H,78,79)(H4,55,56,57)/t28-,31-,32-,33-,34-,35-,36-,37-,40-,41-/m0/s1. The third kappa shape index (κ3) is 26.5. The lowest BCUT2D eigenvalue weighted by Crippen LogP contribution is -2.61. The molecule has 0 fully saturated rings. The Morgan fingerprint density at radius 1 is 0.532 bits per heavy atom. The average molecular weight is 1120 g/mol. The van der Waals surface area contributed by atoms with Crippen molar-refractivity contribution in [3.63, 3.8) is 0 Å². The summed E-state index contributed by atoms with van der Waals surface area (Å²) in [5.41, 5.74) is 28.0. The van der Waals surface area contributed by atoms with Gasteiger partial charge in [0.15, 0.2) is 5.96 Å². The average Bonchev–Trinajstić information content (AvgIpc) is 3.36. The molecule has 1 aromatic rings. The first-order valence-electron chi connectivity index (χ1n) is 26.3. The van der Waals surface area contributed by atoms with Crippen LogP contribution in [0.4, 0.5) is 0 Å². The number of aliphatic hydroxyl groups excluding tert-OH is 1. The maximum absolute atomic E-state index is 14.2. The molecule has 444 valence electrons. The van der Waals surface area contributed by atoms with E-state index in [9.17, 15) is 68.1 Å². The Morgan fingerprint density at radius 2 is 0.937 bits per heavy atom. The second-order valence-corrected chi connectivity index (χ2v) is 20.7.